The van der Waals surface area contributed by atoms with Gasteiger partial charge in [0.15, 0.2) is 0 Å². The molecule has 0 saturated heterocycles. The standard InChI is InChI=1S/C9H6Cl2N2OS/c10-7-3-8(11)12-4-6(7)5-13-1-2-15-9(13)14/h1-4H,5H2. The van der Waals surface area contributed by atoms with Gasteiger partial charge in [0.1, 0.15) is 5.15 Å². The number of rotatable bonds is 2. The summed E-state index contributed by atoms with van der Waals surface area (Å²) in [5.74, 6) is 0. The van der Waals surface area contributed by atoms with Crippen molar-refractivity contribution in [3.63, 3.8) is 0 Å². The first-order valence-corrected chi connectivity index (χ1v) is 5.74. The normalized spacial score (nSPS) is 10.5. The molecule has 0 radical (unpaired) electrons. The van der Waals surface area contributed by atoms with E-state index in [4.69, 9.17) is 23.2 Å². The van der Waals surface area contributed by atoms with Gasteiger partial charge in [-0.05, 0) is 6.07 Å². The third-order valence-electron chi connectivity index (χ3n) is 1.88. The number of hydrogen-bond donors (Lipinski definition) is 0. The van der Waals surface area contributed by atoms with Crippen LogP contribution in [0.4, 0.5) is 0 Å². The van der Waals surface area contributed by atoms with Crippen LogP contribution in [0.25, 0.3) is 0 Å². The maximum Gasteiger partial charge on any atom is 0.307 e. The van der Waals surface area contributed by atoms with E-state index in [0.717, 1.165) is 16.9 Å². The van der Waals surface area contributed by atoms with Crippen LogP contribution in [0.15, 0.2) is 28.6 Å². The molecule has 0 N–H and O–H groups in total. The van der Waals surface area contributed by atoms with Crippen molar-refractivity contribution >= 4 is 34.5 Å². The first-order valence-electron chi connectivity index (χ1n) is 4.10. The summed E-state index contributed by atoms with van der Waals surface area (Å²) in [7, 11) is 0. The molecule has 3 nitrogen and oxygen atoms in total. The van der Waals surface area contributed by atoms with E-state index in [9.17, 15) is 4.79 Å². The Bertz CT molecular complexity index is 535. The zero-order valence-electron chi connectivity index (χ0n) is 7.48. The molecule has 0 saturated carbocycles. The molecular formula is C9H6Cl2N2OS. The van der Waals surface area contributed by atoms with Gasteiger partial charge in [-0.3, -0.25) is 4.79 Å². The number of pyridine rings is 1. The minimum absolute atomic E-state index is 0.0129. The van der Waals surface area contributed by atoms with Crippen LogP contribution in [0.5, 0.6) is 0 Å². The smallest absolute Gasteiger partial charge is 0.301 e. The highest BCUT2D eigenvalue weighted by Gasteiger charge is 2.04. The van der Waals surface area contributed by atoms with Crippen LogP contribution in [-0.2, 0) is 6.54 Å². The van der Waals surface area contributed by atoms with Gasteiger partial charge in [0.25, 0.3) is 0 Å². The van der Waals surface area contributed by atoms with Crippen LogP contribution in [-0.4, -0.2) is 9.55 Å². The van der Waals surface area contributed by atoms with Crippen LogP contribution in [0.1, 0.15) is 5.56 Å². The summed E-state index contributed by atoms with van der Waals surface area (Å²) < 4.78 is 1.57. The molecule has 0 aromatic carbocycles. The van der Waals surface area contributed by atoms with Crippen molar-refractivity contribution in [2.45, 2.75) is 6.54 Å². The molecule has 0 fully saturated rings. The van der Waals surface area contributed by atoms with Gasteiger partial charge in [-0.1, -0.05) is 34.5 Å². The molecule has 78 valence electrons. The number of thiazole rings is 1. The number of hydrogen-bond acceptors (Lipinski definition) is 3. The minimum atomic E-state index is -0.0129. The van der Waals surface area contributed by atoms with Crippen molar-refractivity contribution < 1.29 is 0 Å². The molecule has 0 aliphatic carbocycles. The second kappa shape index (κ2) is 4.35. The van der Waals surface area contributed by atoms with E-state index in [2.05, 4.69) is 4.98 Å². The molecule has 0 atom stereocenters. The van der Waals surface area contributed by atoms with E-state index in [1.54, 1.807) is 28.4 Å². The Hall–Kier alpha value is -0.840. The second-order valence-corrected chi connectivity index (χ2v) is 4.55. The summed E-state index contributed by atoms with van der Waals surface area (Å²) >= 11 is 12.8. The third kappa shape index (κ3) is 2.40. The first kappa shape index (κ1) is 10.7. The highest BCUT2D eigenvalue weighted by atomic mass is 35.5. The Morgan fingerprint density at radius 3 is 2.87 bits per heavy atom. The Kier molecular flexibility index (Phi) is 3.09. The third-order valence-corrected chi connectivity index (χ3v) is 3.13. The highest BCUT2D eigenvalue weighted by Crippen LogP contribution is 2.19. The van der Waals surface area contributed by atoms with Gasteiger partial charge >= 0.3 is 4.87 Å². The molecule has 2 heterocycles. The van der Waals surface area contributed by atoms with Crippen molar-refractivity contribution in [1.29, 1.82) is 0 Å². The molecule has 2 rings (SSSR count). The topological polar surface area (TPSA) is 34.9 Å². The summed E-state index contributed by atoms with van der Waals surface area (Å²) in [5.41, 5.74) is 0.779. The highest BCUT2D eigenvalue weighted by molar-refractivity contribution is 7.07. The molecule has 0 amide bonds. The van der Waals surface area contributed by atoms with E-state index in [1.807, 2.05) is 0 Å². The lowest BCUT2D eigenvalue weighted by molar-refractivity contribution is 0.780. The maximum atomic E-state index is 11.3. The van der Waals surface area contributed by atoms with Gasteiger partial charge in [0.05, 0.1) is 11.6 Å². The fourth-order valence-electron chi connectivity index (χ4n) is 1.14. The Morgan fingerprint density at radius 1 is 1.47 bits per heavy atom. The van der Waals surface area contributed by atoms with E-state index in [0.29, 0.717) is 16.7 Å². The summed E-state index contributed by atoms with van der Waals surface area (Å²) in [6, 6.07) is 1.57. The SMILES string of the molecule is O=c1sccn1Cc1cnc(Cl)cc1Cl. The minimum Gasteiger partial charge on any atom is -0.301 e. The van der Waals surface area contributed by atoms with Crippen LogP contribution in [0.3, 0.4) is 0 Å². The van der Waals surface area contributed by atoms with E-state index < -0.39 is 0 Å². The summed E-state index contributed by atoms with van der Waals surface area (Å²) in [6.45, 7) is 0.422. The molecule has 2 aromatic rings. The van der Waals surface area contributed by atoms with E-state index in [-0.39, 0.29) is 4.87 Å². The fourth-order valence-corrected chi connectivity index (χ4v) is 2.15. The predicted molar refractivity (Wildman–Crippen MR) is 61.9 cm³/mol. The van der Waals surface area contributed by atoms with Crippen molar-refractivity contribution in [3.8, 4) is 0 Å². The summed E-state index contributed by atoms with van der Waals surface area (Å²) in [5, 5.41) is 2.61. The molecular weight excluding hydrogens is 255 g/mol. The van der Waals surface area contributed by atoms with Crippen molar-refractivity contribution in [1.82, 2.24) is 9.55 Å². The Labute approximate surface area is 99.9 Å². The number of halogens is 2. The van der Waals surface area contributed by atoms with E-state index >= 15 is 0 Å². The molecule has 0 bridgehead atoms. The van der Waals surface area contributed by atoms with Gasteiger partial charge < -0.3 is 4.57 Å². The quantitative estimate of drug-likeness (QED) is 0.779. The van der Waals surface area contributed by atoms with E-state index in [1.165, 1.54) is 0 Å². The molecule has 0 aliphatic rings. The maximum absolute atomic E-state index is 11.3. The molecule has 2 aromatic heterocycles. The Balaban J connectivity index is 2.33. The average Bonchev–Trinajstić information content (AvgIpc) is 2.57. The largest absolute Gasteiger partial charge is 0.307 e. The molecule has 0 aliphatic heterocycles. The molecule has 15 heavy (non-hydrogen) atoms. The van der Waals surface area contributed by atoms with Gasteiger partial charge in [-0.25, -0.2) is 4.98 Å². The predicted octanol–water partition coefficient (Wildman–Crippen LogP) is 2.66. The van der Waals surface area contributed by atoms with Gasteiger partial charge in [0, 0.05) is 23.3 Å². The van der Waals surface area contributed by atoms with Gasteiger partial charge in [0.2, 0.25) is 0 Å². The zero-order valence-corrected chi connectivity index (χ0v) is 9.81. The van der Waals surface area contributed by atoms with Crippen molar-refractivity contribution in [2.75, 3.05) is 0 Å². The lowest BCUT2D eigenvalue weighted by Gasteiger charge is -2.03. The lowest BCUT2D eigenvalue weighted by Crippen LogP contribution is -2.12. The van der Waals surface area contributed by atoms with Crippen molar-refractivity contribution in [2.24, 2.45) is 0 Å². The van der Waals surface area contributed by atoms with Gasteiger partial charge in [-0.15, -0.1) is 0 Å². The van der Waals surface area contributed by atoms with Gasteiger partial charge in [-0.2, -0.15) is 0 Å². The van der Waals surface area contributed by atoms with Crippen LogP contribution < -0.4 is 4.87 Å². The Morgan fingerprint density at radius 2 is 2.27 bits per heavy atom. The summed E-state index contributed by atoms with van der Waals surface area (Å²) in [4.78, 5) is 15.2. The van der Waals surface area contributed by atoms with Crippen molar-refractivity contribution in [3.05, 3.63) is 49.2 Å². The fraction of sp³-hybridized carbons (Fsp3) is 0.111. The zero-order chi connectivity index (χ0) is 10.8. The van der Waals surface area contributed by atoms with Crippen LogP contribution >= 0.6 is 34.5 Å². The second-order valence-electron chi connectivity index (χ2n) is 2.90. The number of aromatic nitrogens is 2. The molecule has 0 spiro atoms. The monoisotopic (exact) mass is 260 g/mol. The average molecular weight is 261 g/mol. The first-order chi connectivity index (χ1) is 7.16. The van der Waals surface area contributed by atoms with Crippen LogP contribution in [0.2, 0.25) is 10.2 Å². The number of nitrogens with zero attached hydrogens (tertiary/aromatic N) is 2. The lowest BCUT2D eigenvalue weighted by atomic mass is 10.3. The molecule has 6 heteroatoms. The van der Waals surface area contributed by atoms with Crippen LogP contribution in [0, 0.1) is 0 Å². The summed E-state index contributed by atoms with van der Waals surface area (Å²) in [6.07, 6.45) is 3.30. The molecule has 0 unspecified atom stereocenters.